The molecule has 0 spiro atoms. The molecule has 2 aromatic rings. The maximum Gasteiger partial charge on any atom is 0.410 e. The van der Waals surface area contributed by atoms with Crippen LogP contribution in [0.25, 0.3) is 6.08 Å². The summed E-state index contributed by atoms with van der Waals surface area (Å²) in [5.41, 5.74) is 2.20. The molecule has 0 radical (unpaired) electrons. The minimum Gasteiger partial charge on any atom is -0.439 e. The molecule has 2 aliphatic rings. The molecule has 162 valence electrons. The Morgan fingerprint density at radius 3 is 2.42 bits per heavy atom. The number of hydrogen-bond acceptors (Lipinski definition) is 4. The van der Waals surface area contributed by atoms with Crippen LogP contribution in [0.2, 0.25) is 0 Å². The number of piperidine rings is 1. The van der Waals surface area contributed by atoms with E-state index < -0.39 is 0 Å². The highest BCUT2D eigenvalue weighted by Crippen LogP contribution is 2.30. The number of rotatable bonds is 7. The van der Waals surface area contributed by atoms with Crippen LogP contribution >= 0.6 is 11.8 Å². The van der Waals surface area contributed by atoms with Crippen molar-refractivity contribution in [3.8, 4) is 0 Å². The fourth-order valence-corrected chi connectivity index (χ4v) is 4.79. The zero-order valence-electron chi connectivity index (χ0n) is 17.6. The number of cyclic esters (lactones) is 1. The molecule has 31 heavy (non-hydrogen) atoms. The molecule has 2 amide bonds. The summed E-state index contributed by atoms with van der Waals surface area (Å²) in [6.45, 7) is 1.99. The minimum atomic E-state index is -0.236. The summed E-state index contributed by atoms with van der Waals surface area (Å²) in [7, 11) is 0. The first-order valence-electron chi connectivity index (χ1n) is 10.8. The van der Waals surface area contributed by atoms with Crippen LogP contribution in [-0.2, 0) is 9.53 Å². The highest BCUT2D eigenvalue weighted by atomic mass is 32.2. The lowest BCUT2D eigenvalue weighted by Gasteiger charge is -2.35. The van der Waals surface area contributed by atoms with Crippen LogP contribution in [0.4, 0.5) is 4.79 Å². The van der Waals surface area contributed by atoms with Gasteiger partial charge in [-0.1, -0.05) is 60.7 Å². The summed E-state index contributed by atoms with van der Waals surface area (Å²) < 4.78 is 5.59. The van der Waals surface area contributed by atoms with Gasteiger partial charge in [-0.2, -0.15) is 0 Å². The van der Waals surface area contributed by atoms with Gasteiger partial charge in [-0.3, -0.25) is 4.79 Å². The SMILES string of the molecule is O=C(CCSC=Cc1ccccc1)N1CCC(N2CC(c3ccccc3)OC2=O)CC1. The van der Waals surface area contributed by atoms with Crippen molar-refractivity contribution in [3.05, 3.63) is 77.2 Å². The molecule has 2 saturated heterocycles. The Balaban J connectivity index is 1.18. The number of nitrogens with zero attached hydrogens (tertiary/aromatic N) is 2. The predicted octanol–water partition coefficient (Wildman–Crippen LogP) is 4.97. The van der Waals surface area contributed by atoms with E-state index >= 15 is 0 Å². The number of amides is 2. The Morgan fingerprint density at radius 1 is 1.03 bits per heavy atom. The lowest BCUT2D eigenvalue weighted by atomic mass is 10.0. The van der Waals surface area contributed by atoms with E-state index in [0.29, 0.717) is 26.1 Å². The maximum atomic E-state index is 12.5. The molecular formula is C25H28N2O3S. The van der Waals surface area contributed by atoms with Crippen LogP contribution in [0, 0.1) is 0 Å². The first-order valence-corrected chi connectivity index (χ1v) is 11.9. The highest BCUT2D eigenvalue weighted by molar-refractivity contribution is 8.02. The molecule has 0 aromatic heterocycles. The Labute approximate surface area is 188 Å². The molecule has 2 aromatic carbocycles. The topological polar surface area (TPSA) is 49.9 Å². The van der Waals surface area contributed by atoms with Crippen molar-refractivity contribution in [2.24, 2.45) is 0 Å². The zero-order valence-corrected chi connectivity index (χ0v) is 18.4. The van der Waals surface area contributed by atoms with E-state index in [9.17, 15) is 9.59 Å². The molecular weight excluding hydrogens is 408 g/mol. The normalized spacial score (nSPS) is 19.7. The van der Waals surface area contributed by atoms with E-state index in [-0.39, 0.29) is 24.1 Å². The lowest BCUT2D eigenvalue weighted by molar-refractivity contribution is -0.132. The number of thioether (sulfide) groups is 1. The largest absolute Gasteiger partial charge is 0.439 e. The summed E-state index contributed by atoms with van der Waals surface area (Å²) in [6, 6.07) is 20.2. The maximum absolute atomic E-state index is 12.5. The monoisotopic (exact) mass is 436 g/mol. The van der Waals surface area contributed by atoms with Crippen LogP contribution in [0.1, 0.15) is 36.5 Å². The van der Waals surface area contributed by atoms with Gasteiger partial charge in [0, 0.05) is 31.3 Å². The molecule has 0 bridgehead atoms. The molecule has 0 aliphatic carbocycles. The smallest absolute Gasteiger partial charge is 0.410 e. The van der Waals surface area contributed by atoms with E-state index in [1.807, 2.05) is 58.3 Å². The summed E-state index contributed by atoms with van der Waals surface area (Å²) in [4.78, 5) is 28.7. The third-order valence-corrected chi connectivity index (χ3v) is 6.63. The van der Waals surface area contributed by atoms with Gasteiger partial charge in [0.1, 0.15) is 6.10 Å². The van der Waals surface area contributed by atoms with Crippen molar-refractivity contribution in [1.29, 1.82) is 0 Å². The second-order valence-corrected chi connectivity index (χ2v) is 8.90. The number of ether oxygens (including phenoxy) is 1. The van der Waals surface area contributed by atoms with E-state index in [0.717, 1.165) is 24.2 Å². The Bertz CT molecular complexity index is 895. The Morgan fingerprint density at radius 2 is 1.71 bits per heavy atom. The average molecular weight is 437 g/mol. The summed E-state index contributed by atoms with van der Waals surface area (Å²) in [6.07, 6.45) is 3.79. The molecule has 0 saturated carbocycles. The number of benzene rings is 2. The van der Waals surface area contributed by atoms with Crippen molar-refractivity contribution in [2.45, 2.75) is 31.4 Å². The molecule has 2 heterocycles. The van der Waals surface area contributed by atoms with Gasteiger partial charge in [0.25, 0.3) is 0 Å². The van der Waals surface area contributed by atoms with E-state index in [2.05, 4.69) is 23.6 Å². The van der Waals surface area contributed by atoms with Crippen LogP contribution in [0.15, 0.2) is 66.1 Å². The van der Waals surface area contributed by atoms with E-state index in [1.165, 1.54) is 5.56 Å². The van der Waals surface area contributed by atoms with Gasteiger partial charge >= 0.3 is 6.09 Å². The molecule has 1 atom stereocenters. The van der Waals surface area contributed by atoms with Crippen molar-refractivity contribution in [2.75, 3.05) is 25.4 Å². The van der Waals surface area contributed by atoms with Crippen molar-refractivity contribution in [3.63, 3.8) is 0 Å². The van der Waals surface area contributed by atoms with Gasteiger partial charge in [0.15, 0.2) is 0 Å². The molecule has 0 N–H and O–H groups in total. The molecule has 4 rings (SSSR count). The minimum absolute atomic E-state index is 0.147. The predicted molar refractivity (Wildman–Crippen MR) is 125 cm³/mol. The lowest BCUT2D eigenvalue weighted by Crippen LogP contribution is -2.47. The standard InChI is InChI=1S/C25H28N2O3S/c28-24(14-18-31-17-13-20-7-3-1-4-8-20)26-15-11-22(12-16-26)27-19-23(30-25(27)29)21-9-5-2-6-10-21/h1-10,13,17,22-23H,11-12,14-16,18-19H2. The van der Waals surface area contributed by atoms with Gasteiger partial charge in [-0.15, -0.1) is 11.8 Å². The Kier molecular flexibility index (Phi) is 7.30. The molecule has 1 unspecified atom stereocenters. The van der Waals surface area contributed by atoms with Gasteiger partial charge in [0.2, 0.25) is 5.91 Å². The number of carbonyl (C=O) groups excluding carboxylic acids is 2. The number of likely N-dealkylation sites (tertiary alicyclic amines) is 1. The van der Waals surface area contributed by atoms with Crippen LogP contribution < -0.4 is 0 Å². The fraction of sp³-hybridized carbons (Fsp3) is 0.360. The number of carbonyl (C=O) groups is 2. The van der Waals surface area contributed by atoms with Crippen LogP contribution in [0.3, 0.4) is 0 Å². The van der Waals surface area contributed by atoms with Gasteiger partial charge < -0.3 is 14.5 Å². The third kappa shape index (κ3) is 5.70. The fourth-order valence-electron chi connectivity index (χ4n) is 4.11. The quantitative estimate of drug-likeness (QED) is 0.576. The zero-order chi connectivity index (χ0) is 21.5. The van der Waals surface area contributed by atoms with Gasteiger partial charge in [0.05, 0.1) is 6.54 Å². The van der Waals surface area contributed by atoms with Crippen LogP contribution in [-0.4, -0.2) is 53.2 Å². The third-order valence-electron chi connectivity index (χ3n) is 5.86. The van der Waals surface area contributed by atoms with Gasteiger partial charge in [-0.25, -0.2) is 4.79 Å². The molecule has 6 heteroatoms. The molecule has 2 aliphatic heterocycles. The average Bonchev–Trinajstić information content (AvgIpc) is 3.22. The second kappa shape index (κ2) is 10.5. The summed E-state index contributed by atoms with van der Waals surface area (Å²) in [5, 5.41) is 2.05. The van der Waals surface area contributed by atoms with Crippen molar-refractivity contribution >= 4 is 29.8 Å². The van der Waals surface area contributed by atoms with E-state index in [1.54, 1.807) is 11.8 Å². The second-order valence-electron chi connectivity index (χ2n) is 7.88. The first kappa shape index (κ1) is 21.5. The highest BCUT2D eigenvalue weighted by Gasteiger charge is 2.38. The van der Waals surface area contributed by atoms with Crippen LogP contribution in [0.5, 0.6) is 0 Å². The molecule has 2 fully saturated rings. The molecule has 5 nitrogen and oxygen atoms in total. The Hall–Kier alpha value is -2.73. The summed E-state index contributed by atoms with van der Waals surface area (Å²) >= 11 is 1.66. The first-order chi connectivity index (χ1) is 15.2. The van der Waals surface area contributed by atoms with Crippen molar-refractivity contribution < 1.29 is 14.3 Å². The number of hydrogen-bond donors (Lipinski definition) is 0. The van der Waals surface area contributed by atoms with Gasteiger partial charge in [-0.05, 0) is 35.5 Å². The van der Waals surface area contributed by atoms with Crippen molar-refractivity contribution in [1.82, 2.24) is 9.80 Å². The van der Waals surface area contributed by atoms with E-state index in [4.69, 9.17) is 4.74 Å². The summed E-state index contributed by atoms with van der Waals surface area (Å²) in [5.74, 6) is 0.976.